The summed E-state index contributed by atoms with van der Waals surface area (Å²) in [6, 6.07) is -1.31. The van der Waals surface area contributed by atoms with Crippen molar-refractivity contribution in [1.29, 1.82) is 0 Å². The Morgan fingerprint density at radius 3 is 2.21 bits per heavy atom. The van der Waals surface area contributed by atoms with Gasteiger partial charge in [-0.25, -0.2) is 18.7 Å². The Bertz CT molecular complexity index is 302. The van der Waals surface area contributed by atoms with Crippen molar-refractivity contribution in [3.8, 4) is 0 Å². The lowest BCUT2D eigenvalue weighted by atomic mass is 10.1. The number of alkyl halides is 2. The van der Waals surface area contributed by atoms with E-state index in [2.05, 4.69) is 9.97 Å². The largest absolute Gasteiger partial charge is 0.323 e. The van der Waals surface area contributed by atoms with Gasteiger partial charge in [0.1, 0.15) is 16.6 Å². The van der Waals surface area contributed by atoms with Gasteiger partial charge in [0.05, 0.1) is 6.04 Å². The highest BCUT2D eigenvalue weighted by atomic mass is 35.5. The first-order valence-electron chi connectivity index (χ1n) is 3.71. The number of rotatable bonds is 3. The summed E-state index contributed by atoms with van der Waals surface area (Å²) in [5.41, 5.74) is 5.42. The molecule has 1 rings (SSSR count). The molecule has 2 N–H and O–H groups in total. The van der Waals surface area contributed by atoms with Crippen molar-refractivity contribution < 1.29 is 8.78 Å². The first-order chi connectivity index (χ1) is 6.52. The topological polar surface area (TPSA) is 51.8 Å². The van der Waals surface area contributed by atoms with E-state index < -0.39 is 12.5 Å². The maximum absolute atomic E-state index is 12.1. The minimum Gasteiger partial charge on any atom is -0.323 e. The van der Waals surface area contributed by atoms with Crippen molar-refractivity contribution in [1.82, 2.24) is 9.97 Å². The molecule has 1 aromatic heterocycles. The molecule has 0 amide bonds. The Hall–Kier alpha value is -0.520. The molecule has 7 heteroatoms. The van der Waals surface area contributed by atoms with Crippen molar-refractivity contribution in [2.45, 2.75) is 18.9 Å². The van der Waals surface area contributed by atoms with Crippen LogP contribution >= 0.6 is 23.2 Å². The van der Waals surface area contributed by atoms with Crippen LogP contribution in [0.2, 0.25) is 10.3 Å². The lowest BCUT2D eigenvalue weighted by Crippen LogP contribution is -2.31. The molecule has 0 bridgehead atoms. The summed E-state index contributed by atoms with van der Waals surface area (Å²) in [4.78, 5) is 7.24. The van der Waals surface area contributed by atoms with Crippen LogP contribution in [-0.2, 0) is 6.42 Å². The lowest BCUT2D eigenvalue weighted by molar-refractivity contribution is 0.116. The van der Waals surface area contributed by atoms with E-state index in [9.17, 15) is 8.78 Å². The van der Waals surface area contributed by atoms with Crippen LogP contribution in [0.4, 0.5) is 8.78 Å². The smallest absolute Gasteiger partial charge is 0.253 e. The van der Waals surface area contributed by atoms with Gasteiger partial charge in [0.2, 0.25) is 0 Å². The number of halogens is 4. The highest BCUT2D eigenvalue weighted by Crippen LogP contribution is 2.21. The second-order valence-electron chi connectivity index (χ2n) is 2.64. The maximum Gasteiger partial charge on any atom is 0.253 e. The van der Waals surface area contributed by atoms with E-state index in [1.54, 1.807) is 0 Å². The van der Waals surface area contributed by atoms with Crippen molar-refractivity contribution in [3.05, 3.63) is 22.2 Å². The van der Waals surface area contributed by atoms with E-state index in [-0.39, 0.29) is 22.3 Å². The monoisotopic (exact) mass is 241 g/mol. The van der Waals surface area contributed by atoms with Crippen LogP contribution in [-0.4, -0.2) is 22.4 Å². The SMILES string of the molecule is NC(Cc1c(Cl)ncnc1Cl)C(F)F. The molecule has 1 aromatic rings. The molecule has 0 aliphatic heterocycles. The zero-order chi connectivity index (χ0) is 10.7. The minimum absolute atomic E-state index is 0.0566. The van der Waals surface area contributed by atoms with Crippen molar-refractivity contribution in [3.63, 3.8) is 0 Å². The molecule has 1 heterocycles. The van der Waals surface area contributed by atoms with Gasteiger partial charge in [-0.2, -0.15) is 0 Å². The second-order valence-corrected chi connectivity index (χ2v) is 3.35. The first kappa shape index (κ1) is 11.6. The average molecular weight is 242 g/mol. The molecule has 0 aliphatic rings. The number of aromatic nitrogens is 2. The Labute approximate surface area is 89.2 Å². The van der Waals surface area contributed by atoms with Gasteiger partial charge in [0, 0.05) is 5.56 Å². The standard InChI is InChI=1S/C7H7Cl2F2N3/c8-5-3(1-4(12)7(10)11)6(9)14-2-13-5/h2,4,7H,1,12H2. The molecule has 0 saturated carbocycles. The van der Waals surface area contributed by atoms with Crippen LogP contribution in [0.1, 0.15) is 5.56 Å². The van der Waals surface area contributed by atoms with Crippen molar-refractivity contribution in [2.75, 3.05) is 0 Å². The summed E-state index contributed by atoms with van der Waals surface area (Å²) in [5.74, 6) is 0. The molecule has 1 unspecified atom stereocenters. The quantitative estimate of drug-likeness (QED) is 0.823. The van der Waals surface area contributed by atoms with Crippen molar-refractivity contribution in [2.24, 2.45) is 5.73 Å². The maximum atomic E-state index is 12.1. The highest BCUT2D eigenvalue weighted by Gasteiger charge is 2.19. The third kappa shape index (κ3) is 2.73. The molecule has 1 atom stereocenters. The van der Waals surface area contributed by atoms with Crippen LogP contribution in [0.3, 0.4) is 0 Å². The van der Waals surface area contributed by atoms with Gasteiger partial charge in [-0.05, 0) is 6.42 Å². The number of hydrogen-bond acceptors (Lipinski definition) is 3. The Balaban J connectivity index is 2.85. The number of nitrogens with two attached hydrogens (primary N) is 1. The molecule has 0 aliphatic carbocycles. The van der Waals surface area contributed by atoms with E-state index in [1.807, 2.05) is 0 Å². The fourth-order valence-corrected chi connectivity index (χ4v) is 1.33. The van der Waals surface area contributed by atoms with Gasteiger partial charge in [0.25, 0.3) is 6.43 Å². The van der Waals surface area contributed by atoms with E-state index in [1.165, 1.54) is 0 Å². The highest BCUT2D eigenvalue weighted by molar-refractivity contribution is 6.34. The summed E-state index contributed by atoms with van der Waals surface area (Å²) < 4.78 is 24.3. The van der Waals surface area contributed by atoms with E-state index in [0.29, 0.717) is 0 Å². The molecule has 78 valence electrons. The predicted octanol–water partition coefficient (Wildman–Crippen LogP) is 1.92. The number of nitrogens with zero attached hydrogens (tertiary/aromatic N) is 2. The zero-order valence-electron chi connectivity index (χ0n) is 6.92. The molecular weight excluding hydrogens is 235 g/mol. The van der Waals surface area contributed by atoms with Gasteiger partial charge < -0.3 is 5.73 Å². The minimum atomic E-state index is -2.62. The fraction of sp³-hybridized carbons (Fsp3) is 0.429. The molecule has 0 spiro atoms. The van der Waals surface area contributed by atoms with Gasteiger partial charge >= 0.3 is 0 Å². The molecule has 0 saturated heterocycles. The molecule has 14 heavy (non-hydrogen) atoms. The van der Waals surface area contributed by atoms with E-state index >= 15 is 0 Å². The first-order valence-corrected chi connectivity index (χ1v) is 4.46. The molecule has 0 aromatic carbocycles. The Morgan fingerprint density at radius 2 is 1.79 bits per heavy atom. The van der Waals surface area contributed by atoms with Crippen LogP contribution in [0.25, 0.3) is 0 Å². The molecule has 0 fully saturated rings. The summed E-state index contributed by atoms with van der Waals surface area (Å²) in [5, 5.41) is 0.113. The van der Waals surface area contributed by atoms with E-state index in [0.717, 1.165) is 6.33 Å². The fourth-order valence-electron chi connectivity index (χ4n) is 0.864. The molecular formula is C7H7Cl2F2N3. The Kier molecular flexibility index (Phi) is 3.97. The average Bonchev–Trinajstić information content (AvgIpc) is 2.11. The van der Waals surface area contributed by atoms with Gasteiger partial charge in [-0.15, -0.1) is 0 Å². The summed E-state index contributed by atoms with van der Waals surface area (Å²) >= 11 is 11.3. The van der Waals surface area contributed by atoms with E-state index in [4.69, 9.17) is 28.9 Å². The van der Waals surface area contributed by atoms with Crippen LogP contribution in [0.15, 0.2) is 6.33 Å². The molecule has 3 nitrogen and oxygen atoms in total. The van der Waals surface area contributed by atoms with Crippen LogP contribution in [0, 0.1) is 0 Å². The van der Waals surface area contributed by atoms with Gasteiger partial charge in [0.15, 0.2) is 0 Å². The summed E-state index contributed by atoms with van der Waals surface area (Å²) in [6.07, 6.45) is -1.61. The normalized spacial score (nSPS) is 13.3. The van der Waals surface area contributed by atoms with Crippen LogP contribution in [0.5, 0.6) is 0 Å². The molecule has 0 radical (unpaired) electrons. The van der Waals surface area contributed by atoms with Gasteiger partial charge in [-0.1, -0.05) is 23.2 Å². The Morgan fingerprint density at radius 1 is 1.29 bits per heavy atom. The van der Waals surface area contributed by atoms with Gasteiger partial charge in [-0.3, -0.25) is 0 Å². The van der Waals surface area contributed by atoms with Crippen LogP contribution < -0.4 is 5.73 Å². The second kappa shape index (κ2) is 4.82. The predicted molar refractivity (Wildman–Crippen MR) is 49.7 cm³/mol. The third-order valence-corrected chi connectivity index (χ3v) is 2.26. The summed E-state index contributed by atoms with van der Waals surface area (Å²) in [7, 11) is 0. The third-order valence-electron chi connectivity index (χ3n) is 1.60. The number of hydrogen-bond donors (Lipinski definition) is 1. The zero-order valence-corrected chi connectivity index (χ0v) is 8.43. The van der Waals surface area contributed by atoms with Crippen molar-refractivity contribution >= 4 is 23.2 Å². The summed E-state index contributed by atoms with van der Waals surface area (Å²) in [6.45, 7) is 0. The lowest BCUT2D eigenvalue weighted by Gasteiger charge is -2.11.